The van der Waals surface area contributed by atoms with E-state index in [1.54, 1.807) is 0 Å². The molecule has 0 radical (unpaired) electrons. The highest BCUT2D eigenvalue weighted by Crippen LogP contribution is 2.41. The zero-order valence-corrected chi connectivity index (χ0v) is 22.3. The summed E-state index contributed by atoms with van der Waals surface area (Å²) in [5.41, 5.74) is 12.0. The second-order valence-corrected chi connectivity index (χ2v) is 10.5. The first kappa shape index (κ1) is 22.8. The molecule has 1 aliphatic rings. The van der Waals surface area contributed by atoms with E-state index in [0.29, 0.717) is 0 Å². The maximum atomic E-state index is 2.48. The number of aryl methyl sites for hydroxylation is 2. The van der Waals surface area contributed by atoms with Gasteiger partial charge in [-0.2, -0.15) is 0 Å². The van der Waals surface area contributed by atoms with Gasteiger partial charge >= 0.3 is 0 Å². The third-order valence-corrected chi connectivity index (χ3v) is 8.36. The monoisotopic (exact) mass is 489 g/mol. The molecule has 0 amide bonds. The molecule has 184 valence electrons. The summed E-state index contributed by atoms with van der Waals surface area (Å²) >= 11 is 0. The Morgan fingerprint density at radius 2 is 1.50 bits per heavy atom. The summed E-state index contributed by atoms with van der Waals surface area (Å²) in [6.07, 6.45) is 11.2. The van der Waals surface area contributed by atoms with Crippen molar-refractivity contribution in [2.75, 3.05) is 0 Å². The summed E-state index contributed by atoms with van der Waals surface area (Å²) in [7, 11) is 0. The van der Waals surface area contributed by atoms with Gasteiger partial charge in [0.1, 0.15) is 0 Å². The molecule has 5 aromatic carbocycles. The molecule has 0 spiro atoms. The Balaban J connectivity index is 1.55. The summed E-state index contributed by atoms with van der Waals surface area (Å²) in [5, 5.41) is 6.59. The van der Waals surface area contributed by atoms with E-state index >= 15 is 0 Å². The number of benzene rings is 5. The van der Waals surface area contributed by atoms with Crippen LogP contribution in [0.2, 0.25) is 0 Å². The normalized spacial score (nSPS) is 13.2. The van der Waals surface area contributed by atoms with Crippen LogP contribution in [0.5, 0.6) is 0 Å². The fourth-order valence-electron chi connectivity index (χ4n) is 6.63. The van der Waals surface area contributed by atoms with Crippen molar-refractivity contribution in [3.05, 3.63) is 125 Å². The van der Waals surface area contributed by atoms with Gasteiger partial charge in [0.05, 0.1) is 11.2 Å². The van der Waals surface area contributed by atoms with Gasteiger partial charge in [0.2, 0.25) is 0 Å². The Morgan fingerprint density at radius 3 is 2.34 bits per heavy atom. The van der Waals surface area contributed by atoms with Crippen LogP contribution in [-0.4, -0.2) is 4.57 Å². The van der Waals surface area contributed by atoms with Crippen LogP contribution in [0, 0.1) is 13.8 Å². The fraction of sp³-hybridized carbons (Fsp3) is 0.135. The summed E-state index contributed by atoms with van der Waals surface area (Å²) in [6, 6.07) is 31.4. The Bertz CT molecular complexity index is 1940. The Kier molecular flexibility index (Phi) is 5.33. The van der Waals surface area contributed by atoms with Crippen molar-refractivity contribution in [3.8, 4) is 16.8 Å². The molecule has 1 heterocycles. The molecule has 0 unspecified atom stereocenters. The average Bonchev–Trinajstić information content (AvgIpc) is 3.29. The first-order chi connectivity index (χ1) is 18.7. The van der Waals surface area contributed by atoms with Crippen molar-refractivity contribution < 1.29 is 0 Å². The lowest BCUT2D eigenvalue weighted by molar-refractivity contribution is 0.970. The van der Waals surface area contributed by atoms with Crippen LogP contribution >= 0.6 is 0 Å². The largest absolute Gasteiger partial charge is 0.309 e. The van der Waals surface area contributed by atoms with Gasteiger partial charge in [-0.1, -0.05) is 85.0 Å². The smallest absolute Gasteiger partial charge is 0.0540 e. The van der Waals surface area contributed by atoms with Crippen LogP contribution in [0.15, 0.2) is 97.1 Å². The Hall–Kier alpha value is -4.36. The van der Waals surface area contributed by atoms with E-state index in [4.69, 9.17) is 0 Å². The van der Waals surface area contributed by atoms with Gasteiger partial charge in [-0.3, -0.25) is 0 Å². The SMILES string of the molecule is C/C=C\c1c(C)c(-c2ccc3c(c2)c2c(n3-c3cccc4ccccc34)C=CCC2)c2ccccc2c1C. The van der Waals surface area contributed by atoms with Crippen molar-refractivity contribution >= 4 is 44.6 Å². The van der Waals surface area contributed by atoms with Crippen molar-refractivity contribution in [3.63, 3.8) is 0 Å². The van der Waals surface area contributed by atoms with E-state index in [2.05, 4.69) is 135 Å². The minimum Gasteiger partial charge on any atom is -0.309 e. The van der Waals surface area contributed by atoms with Crippen LogP contribution in [0.25, 0.3) is 61.4 Å². The lowest BCUT2D eigenvalue weighted by Crippen LogP contribution is -2.00. The molecule has 6 aromatic rings. The lowest BCUT2D eigenvalue weighted by Gasteiger charge is -2.18. The van der Waals surface area contributed by atoms with Gasteiger partial charge in [0.25, 0.3) is 0 Å². The summed E-state index contributed by atoms with van der Waals surface area (Å²) in [4.78, 5) is 0. The quantitative estimate of drug-likeness (QED) is 0.233. The van der Waals surface area contributed by atoms with Crippen LogP contribution < -0.4 is 0 Å². The second kappa shape index (κ2) is 8.89. The van der Waals surface area contributed by atoms with Gasteiger partial charge in [-0.05, 0) is 107 Å². The molecule has 0 aliphatic heterocycles. The molecule has 1 heteroatoms. The van der Waals surface area contributed by atoms with Gasteiger partial charge < -0.3 is 4.57 Å². The molecule has 1 aromatic heterocycles. The lowest BCUT2D eigenvalue weighted by atomic mass is 9.86. The van der Waals surface area contributed by atoms with E-state index < -0.39 is 0 Å². The average molecular weight is 490 g/mol. The number of allylic oxidation sites excluding steroid dienone is 2. The molecule has 1 nitrogen and oxygen atoms in total. The number of aromatic nitrogens is 1. The van der Waals surface area contributed by atoms with E-state index in [9.17, 15) is 0 Å². The van der Waals surface area contributed by atoms with Crippen LogP contribution in [0.3, 0.4) is 0 Å². The predicted molar refractivity (Wildman–Crippen MR) is 165 cm³/mol. The van der Waals surface area contributed by atoms with Crippen molar-refractivity contribution in [2.24, 2.45) is 0 Å². The molecule has 0 N–H and O–H groups in total. The molecule has 0 saturated carbocycles. The molecular weight excluding hydrogens is 458 g/mol. The topological polar surface area (TPSA) is 4.93 Å². The standard InChI is InChI=1S/C37H31N/c1-4-12-28-24(2)29-15-7-8-18-32(29)37(25(28)3)27-21-22-36-33(23-27)31-17-9-10-19-35(31)38(36)34-20-11-14-26-13-5-6-16-30(26)34/h4-8,10-16,18-23H,9,17H2,1-3H3/b12-4-. The van der Waals surface area contributed by atoms with Crippen LogP contribution in [0.1, 0.15) is 41.3 Å². The van der Waals surface area contributed by atoms with Crippen molar-refractivity contribution in [1.82, 2.24) is 4.57 Å². The molecule has 0 bridgehead atoms. The maximum Gasteiger partial charge on any atom is 0.0540 e. The second-order valence-electron chi connectivity index (χ2n) is 10.5. The van der Waals surface area contributed by atoms with E-state index in [0.717, 1.165) is 12.8 Å². The molecule has 0 fully saturated rings. The summed E-state index contributed by atoms with van der Waals surface area (Å²) in [5.74, 6) is 0. The minimum absolute atomic E-state index is 1.07. The van der Waals surface area contributed by atoms with E-state index in [1.165, 1.54) is 77.2 Å². The van der Waals surface area contributed by atoms with Gasteiger partial charge in [-0.15, -0.1) is 0 Å². The van der Waals surface area contributed by atoms with Crippen molar-refractivity contribution in [2.45, 2.75) is 33.6 Å². The third kappa shape index (κ3) is 3.32. The van der Waals surface area contributed by atoms with Crippen molar-refractivity contribution in [1.29, 1.82) is 0 Å². The number of hydrogen-bond acceptors (Lipinski definition) is 0. The highest BCUT2D eigenvalue weighted by Gasteiger charge is 2.21. The number of hydrogen-bond donors (Lipinski definition) is 0. The van der Waals surface area contributed by atoms with Gasteiger partial charge in [-0.25, -0.2) is 0 Å². The molecule has 0 atom stereocenters. The third-order valence-electron chi connectivity index (χ3n) is 8.36. The first-order valence-corrected chi connectivity index (χ1v) is 13.6. The van der Waals surface area contributed by atoms with E-state index in [1.807, 2.05) is 0 Å². The van der Waals surface area contributed by atoms with E-state index in [-0.39, 0.29) is 0 Å². The van der Waals surface area contributed by atoms with Crippen LogP contribution in [-0.2, 0) is 6.42 Å². The van der Waals surface area contributed by atoms with Gasteiger partial charge in [0.15, 0.2) is 0 Å². The predicted octanol–water partition coefficient (Wildman–Crippen LogP) is 10.2. The molecular formula is C37H31N. The summed E-state index contributed by atoms with van der Waals surface area (Å²) < 4.78 is 2.48. The minimum atomic E-state index is 1.07. The Labute approximate surface area is 224 Å². The zero-order valence-electron chi connectivity index (χ0n) is 22.3. The molecule has 0 saturated heterocycles. The highest BCUT2D eigenvalue weighted by atomic mass is 15.0. The van der Waals surface area contributed by atoms with Gasteiger partial charge in [0, 0.05) is 16.5 Å². The first-order valence-electron chi connectivity index (χ1n) is 13.6. The number of fused-ring (bicyclic) bond motifs is 5. The molecule has 7 rings (SSSR count). The molecule has 38 heavy (non-hydrogen) atoms. The number of nitrogens with zero attached hydrogens (tertiary/aromatic N) is 1. The maximum absolute atomic E-state index is 2.48. The summed E-state index contributed by atoms with van der Waals surface area (Å²) in [6.45, 7) is 6.65. The molecule has 1 aliphatic carbocycles. The zero-order chi connectivity index (χ0) is 25.8. The number of rotatable bonds is 3. The fourth-order valence-corrected chi connectivity index (χ4v) is 6.63. The van der Waals surface area contributed by atoms with Crippen LogP contribution in [0.4, 0.5) is 0 Å². The highest BCUT2D eigenvalue weighted by molar-refractivity contribution is 6.05. The Morgan fingerprint density at radius 1 is 0.737 bits per heavy atom.